The largest absolute Gasteiger partial charge is 0.393 e. The molecule has 0 bridgehead atoms. The summed E-state index contributed by atoms with van der Waals surface area (Å²) >= 11 is 0. The number of aliphatic hydroxyl groups is 2. The maximum Gasteiger partial charge on any atom is 0.0606 e. The highest BCUT2D eigenvalue weighted by Gasteiger charge is 2.52. The highest BCUT2D eigenvalue weighted by molar-refractivity contribution is 5.01. The van der Waals surface area contributed by atoms with Crippen molar-refractivity contribution in [2.45, 2.75) is 154 Å². The Morgan fingerprint density at radius 2 is 0.806 bits per heavy atom. The molecule has 2 aliphatic rings. The second-order valence-electron chi connectivity index (χ2n) is 17.5. The van der Waals surface area contributed by atoms with Gasteiger partial charge in [0.25, 0.3) is 0 Å². The summed E-state index contributed by atoms with van der Waals surface area (Å²) in [6.07, 6.45) is 9.44. The Kier molecular flexibility index (Phi) is 10.3. The van der Waals surface area contributed by atoms with E-state index in [2.05, 4.69) is 90.0 Å². The highest BCUT2D eigenvalue weighted by atomic mass is 16.3. The van der Waals surface area contributed by atoms with Crippen LogP contribution in [0.1, 0.15) is 141 Å². The number of hydrogen-bond acceptors (Lipinski definition) is 2. The lowest BCUT2D eigenvalue weighted by Crippen LogP contribution is -2.52. The van der Waals surface area contributed by atoms with Gasteiger partial charge in [0, 0.05) is 0 Å². The van der Waals surface area contributed by atoms with Crippen LogP contribution in [-0.2, 0) is 0 Å². The number of unbranched alkanes of at least 4 members (excludes halogenated alkanes) is 2. The van der Waals surface area contributed by atoms with Crippen LogP contribution in [0.3, 0.4) is 0 Å². The summed E-state index contributed by atoms with van der Waals surface area (Å²) in [6.45, 7) is 30.5. The summed E-state index contributed by atoms with van der Waals surface area (Å²) in [5, 5.41) is 23.2. The van der Waals surface area contributed by atoms with Gasteiger partial charge < -0.3 is 10.2 Å². The molecule has 2 N–H and O–H groups in total. The first-order valence-corrected chi connectivity index (χ1v) is 15.6. The first-order valence-electron chi connectivity index (χ1n) is 15.6. The molecular formula is C34H66O2. The van der Waals surface area contributed by atoms with Crippen molar-refractivity contribution in [3.63, 3.8) is 0 Å². The zero-order valence-electron chi connectivity index (χ0n) is 26.7. The molecule has 0 aliphatic heterocycles. The van der Waals surface area contributed by atoms with Crippen LogP contribution in [0.4, 0.5) is 0 Å². The van der Waals surface area contributed by atoms with Gasteiger partial charge in [0.15, 0.2) is 0 Å². The van der Waals surface area contributed by atoms with Gasteiger partial charge in [0.2, 0.25) is 0 Å². The fourth-order valence-electron chi connectivity index (χ4n) is 8.26. The molecule has 0 aromatic heterocycles. The van der Waals surface area contributed by atoms with Gasteiger partial charge in [-0.05, 0) is 95.2 Å². The molecule has 2 saturated carbocycles. The van der Waals surface area contributed by atoms with E-state index in [1.165, 1.54) is 25.7 Å². The van der Waals surface area contributed by atoms with E-state index >= 15 is 0 Å². The molecule has 0 radical (unpaired) electrons. The molecule has 0 spiro atoms. The Labute approximate surface area is 226 Å². The van der Waals surface area contributed by atoms with Crippen LogP contribution in [0.2, 0.25) is 0 Å². The molecule has 2 aliphatic carbocycles. The number of aliphatic hydroxyl groups excluding tert-OH is 2. The third kappa shape index (κ3) is 7.74. The molecule has 2 heteroatoms. The lowest BCUT2D eigenvalue weighted by molar-refractivity contribution is -0.119. The average Bonchev–Trinajstić information content (AvgIpc) is 2.68. The molecule has 4 unspecified atom stereocenters. The van der Waals surface area contributed by atoms with Crippen LogP contribution in [0.5, 0.6) is 0 Å². The van der Waals surface area contributed by atoms with Crippen molar-refractivity contribution >= 4 is 0 Å². The summed E-state index contributed by atoms with van der Waals surface area (Å²) in [5.41, 5.74) is 0.445. The molecule has 0 saturated heterocycles. The fraction of sp³-hybridized carbons (Fsp3) is 1.00. The summed E-state index contributed by atoms with van der Waals surface area (Å²) in [5.74, 6) is 3.42. The van der Waals surface area contributed by atoms with E-state index in [-0.39, 0.29) is 33.9 Å². The van der Waals surface area contributed by atoms with Gasteiger partial charge in [0.05, 0.1) is 12.2 Å². The van der Waals surface area contributed by atoms with E-state index in [0.717, 1.165) is 25.7 Å². The lowest BCUT2D eigenvalue weighted by Gasteiger charge is -2.55. The zero-order valence-corrected chi connectivity index (χ0v) is 26.7. The molecule has 0 aromatic carbocycles. The molecule has 4 atom stereocenters. The van der Waals surface area contributed by atoms with E-state index in [4.69, 9.17) is 0 Å². The smallest absolute Gasteiger partial charge is 0.0606 e. The zero-order chi connectivity index (χ0) is 27.9. The minimum Gasteiger partial charge on any atom is -0.393 e. The first kappa shape index (κ1) is 32.1. The van der Waals surface area contributed by atoms with Crippen molar-refractivity contribution < 1.29 is 10.2 Å². The molecule has 2 nitrogen and oxygen atoms in total. The Morgan fingerprint density at radius 1 is 0.528 bits per heavy atom. The van der Waals surface area contributed by atoms with Gasteiger partial charge in [-0.2, -0.15) is 0 Å². The van der Waals surface area contributed by atoms with E-state index in [0.29, 0.717) is 41.4 Å². The Hall–Kier alpha value is -0.0800. The summed E-state index contributed by atoms with van der Waals surface area (Å²) < 4.78 is 0. The Morgan fingerprint density at radius 3 is 1.03 bits per heavy atom. The van der Waals surface area contributed by atoms with Crippen molar-refractivity contribution in [3.05, 3.63) is 0 Å². The third-order valence-corrected chi connectivity index (χ3v) is 10.7. The fourth-order valence-corrected chi connectivity index (χ4v) is 8.26. The van der Waals surface area contributed by atoms with Crippen LogP contribution in [0, 0.1) is 63.1 Å². The number of rotatable bonds is 6. The van der Waals surface area contributed by atoms with E-state index in [9.17, 15) is 10.2 Å². The molecule has 0 amide bonds. The van der Waals surface area contributed by atoms with Crippen LogP contribution in [0.15, 0.2) is 0 Å². The molecule has 0 heterocycles. The van der Waals surface area contributed by atoms with Crippen molar-refractivity contribution in [1.82, 2.24) is 0 Å². The van der Waals surface area contributed by atoms with Crippen LogP contribution in [0.25, 0.3) is 0 Å². The Balaban J connectivity index is 2.50. The summed E-state index contributed by atoms with van der Waals surface area (Å²) in [6, 6.07) is 0. The Bertz CT molecular complexity index is 565. The van der Waals surface area contributed by atoms with Crippen LogP contribution < -0.4 is 0 Å². The molecule has 36 heavy (non-hydrogen) atoms. The predicted molar refractivity (Wildman–Crippen MR) is 157 cm³/mol. The van der Waals surface area contributed by atoms with Gasteiger partial charge >= 0.3 is 0 Å². The molecule has 2 rings (SSSR count). The van der Waals surface area contributed by atoms with E-state index in [1.54, 1.807) is 0 Å². The minimum atomic E-state index is -0.213. The monoisotopic (exact) mass is 507 g/mol. The van der Waals surface area contributed by atoms with Crippen molar-refractivity contribution in [2.24, 2.45) is 63.1 Å². The van der Waals surface area contributed by atoms with Crippen molar-refractivity contribution in [2.75, 3.05) is 0 Å². The van der Waals surface area contributed by atoms with Crippen LogP contribution >= 0.6 is 0 Å². The topological polar surface area (TPSA) is 40.5 Å². The van der Waals surface area contributed by atoms with Crippen LogP contribution in [-0.4, -0.2) is 22.4 Å². The third-order valence-electron chi connectivity index (χ3n) is 10.7. The van der Waals surface area contributed by atoms with Gasteiger partial charge in [-0.25, -0.2) is 0 Å². The maximum atomic E-state index is 11.6. The molecule has 2 fully saturated rings. The quantitative estimate of drug-likeness (QED) is 0.352. The predicted octanol–water partition coefficient (Wildman–Crippen LogP) is 9.37. The van der Waals surface area contributed by atoms with Gasteiger partial charge in [-0.15, -0.1) is 0 Å². The molecular weight excluding hydrogens is 440 g/mol. The lowest BCUT2D eigenvalue weighted by atomic mass is 9.52. The average molecular weight is 507 g/mol. The summed E-state index contributed by atoms with van der Waals surface area (Å²) in [7, 11) is 0. The van der Waals surface area contributed by atoms with E-state index < -0.39 is 0 Å². The summed E-state index contributed by atoms with van der Waals surface area (Å²) in [4.78, 5) is 0. The van der Waals surface area contributed by atoms with Crippen molar-refractivity contribution in [3.8, 4) is 0 Å². The second-order valence-corrected chi connectivity index (χ2v) is 17.5. The number of hydrogen-bond donors (Lipinski definition) is 2. The maximum absolute atomic E-state index is 11.6. The molecule has 0 aromatic rings. The van der Waals surface area contributed by atoms with Gasteiger partial charge in [0.1, 0.15) is 0 Å². The second kappa shape index (κ2) is 11.6. The van der Waals surface area contributed by atoms with Gasteiger partial charge in [-0.3, -0.25) is 0 Å². The standard InChI is InChI=1S/C34H66O2/c1-14-15-16-17-24(22-18-25(31(2,3)4)29(35)26(19-22)32(5,6)7)23-20-27(33(8,9)10)30(36)28(21-23)34(11,12)13/h22-30,35-36H,14-21H2,1-13H3. The molecule has 214 valence electrons. The van der Waals surface area contributed by atoms with Crippen molar-refractivity contribution in [1.29, 1.82) is 0 Å². The first-order chi connectivity index (χ1) is 16.2. The van der Waals surface area contributed by atoms with Gasteiger partial charge in [-0.1, -0.05) is 109 Å². The normalized spacial score (nSPS) is 36.1. The highest BCUT2D eigenvalue weighted by Crippen LogP contribution is 2.56. The minimum absolute atomic E-state index is 0.111. The SMILES string of the molecule is CCCCCC(C1CC(C(C)(C)C)C(O)C(C(C)(C)C)C1)C1CC(C(C)(C)C)C(O)C(C(C)(C)C)C1. The van der Waals surface area contributed by atoms with E-state index in [1.807, 2.05) is 0 Å².